The van der Waals surface area contributed by atoms with Crippen molar-refractivity contribution in [2.75, 3.05) is 18.8 Å². The highest BCUT2D eigenvalue weighted by atomic mass is 16.2. The highest BCUT2D eigenvalue weighted by Gasteiger charge is 2.53. The molecule has 0 saturated carbocycles. The molecule has 0 bridgehead atoms. The van der Waals surface area contributed by atoms with Gasteiger partial charge in [0.25, 0.3) is 11.5 Å². The Bertz CT molecular complexity index is 1490. The average Bonchev–Trinajstić information content (AvgIpc) is 3.52. The van der Waals surface area contributed by atoms with Crippen LogP contribution in [0.4, 0.5) is 5.69 Å². The second-order valence-corrected chi connectivity index (χ2v) is 8.73. The van der Waals surface area contributed by atoms with Gasteiger partial charge in [-0.1, -0.05) is 0 Å². The first-order chi connectivity index (χ1) is 16.4. The van der Waals surface area contributed by atoms with Crippen LogP contribution in [-0.2, 0) is 16.9 Å². The van der Waals surface area contributed by atoms with Crippen molar-refractivity contribution in [1.82, 2.24) is 38.9 Å². The number of imidazole rings is 1. The molecule has 2 aliphatic rings. The third kappa shape index (κ3) is 3.06. The number of pyridine rings is 2. The third-order valence-electron chi connectivity index (χ3n) is 6.60. The summed E-state index contributed by atoms with van der Waals surface area (Å²) in [5, 5.41) is 7.12. The Hall–Kier alpha value is -4.48. The standard InChI is InChI=1S/C22H21N9O3/c23-15-2-1-5-28(21(15)34)10-18(32)29-11-22(12-29)9-16(19-24-4-7-30(19)22)27-20(33)14-3-6-31-17(8-14)25-13-26-31/h1-8,13,16H,9-12,23H2,(H,27,33). The largest absolute Gasteiger partial charge is 0.394 e. The summed E-state index contributed by atoms with van der Waals surface area (Å²) in [6.45, 7) is 0.886. The van der Waals surface area contributed by atoms with Gasteiger partial charge in [0.15, 0.2) is 5.65 Å². The van der Waals surface area contributed by atoms with E-state index in [4.69, 9.17) is 5.73 Å². The maximum absolute atomic E-state index is 12.9. The van der Waals surface area contributed by atoms with Gasteiger partial charge < -0.3 is 25.1 Å². The summed E-state index contributed by atoms with van der Waals surface area (Å²) < 4.78 is 4.96. The molecular weight excluding hydrogens is 438 g/mol. The molecule has 6 heterocycles. The van der Waals surface area contributed by atoms with Crippen LogP contribution >= 0.6 is 0 Å². The highest BCUT2D eigenvalue weighted by molar-refractivity contribution is 5.95. The molecular formula is C22H21N9O3. The van der Waals surface area contributed by atoms with Crippen LogP contribution in [0.2, 0.25) is 0 Å². The molecule has 4 aromatic heterocycles. The lowest BCUT2D eigenvalue weighted by Gasteiger charge is -2.49. The molecule has 34 heavy (non-hydrogen) atoms. The van der Waals surface area contributed by atoms with Gasteiger partial charge in [-0.25, -0.2) is 14.5 Å². The van der Waals surface area contributed by atoms with Crippen molar-refractivity contribution >= 4 is 23.1 Å². The van der Waals surface area contributed by atoms with Gasteiger partial charge >= 0.3 is 0 Å². The zero-order chi connectivity index (χ0) is 23.4. The van der Waals surface area contributed by atoms with Gasteiger partial charge in [0.1, 0.15) is 18.7 Å². The van der Waals surface area contributed by atoms with E-state index >= 15 is 0 Å². The number of anilines is 1. The lowest BCUT2D eigenvalue weighted by Crippen LogP contribution is -2.63. The smallest absolute Gasteiger partial charge is 0.274 e. The zero-order valence-electron chi connectivity index (χ0n) is 18.0. The van der Waals surface area contributed by atoms with Gasteiger partial charge in [0.2, 0.25) is 5.91 Å². The summed E-state index contributed by atoms with van der Waals surface area (Å²) in [5.74, 6) is 0.376. The summed E-state index contributed by atoms with van der Waals surface area (Å²) in [6.07, 6.45) is 8.88. The summed E-state index contributed by atoms with van der Waals surface area (Å²) in [7, 11) is 0. The van der Waals surface area contributed by atoms with E-state index in [1.54, 1.807) is 46.2 Å². The number of nitrogens with two attached hydrogens (primary N) is 1. The van der Waals surface area contributed by atoms with E-state index in [9.17, 15) is 14.4 Å². The molecule has 1 fully saturated rings. The molecule has 172 valence electrons. The molecule has 2 aliphatic heterocycles. The molecule has 4 aromatic rings. The first-order valence-electron chi connectivity index (χ1n) is 10.8. The first-order valence-corrected chi connectivity index (χ1v) is 10.8. The lowest BCUT2D eigenvalue weighted by atomic mass is 9.86. The Kier molecular flexibility index (Phi) is 4.31. The Morgan fingerprint density at radius 3 is 2.88 bits per heavy atom. The molecule has 1 saturated heterocycles. The Morgan fingerprint density at radius 1 is 1.18 bits per heavy atom. The van der Waals surface area contributed by atoms with Crippen molar-refractivity contribution in [1.29, 1.82) is 0 Å². The summed E-state index contributed by atoms with van der Waals surface area (Å²) in [4.78, 5) is 48.2. The van der Waals surface area contributed by atoms with Crippen LogP contribution in [-0.4, -0.2) is 58.5 Å². The second kappa shape index (κ2) is 7.27. The fraction of sp³-hybridized carbons (Fsp3) is 0.273. The number of amides is 2. The fourth-order valence-electron chi connectivity index (χ4n) is 4.90. The fourth-order valence-corrected chi connectivity index (χ4v) is 4.90. The molecule has 1 atom stereocenters. The van der Waals surface area contributed by atoms with E-state index in [0.717, 1.165) is 5.82 Å². The quantitative estimate of drug-likeness (QED) is 0.429. The molecule has 1 spiro atoms. The predicted octanol–water partition coefficient (Wildman–Crippen LogP) is -0.218. The van der Waals surface area contributed by atoms with Crippen LogP contribution in [0, 0.1) is 0 Å². The van der Waals surface area contributed by atoms with Crippen LogP contribution in [0.3, 0.4) is 0 Å². The normalized spacial score (nSPS) is 18.1. The average molecular weight is 459 g/mol. The van der Waals surface area contributed by atoms with Gasteiger partial charge in [0.05, 0.1) is 17.3 Å². The van der Waals surface area contributed by atoms with Crippen LogP contribution in [0.1, 0.15) is 28.6 Å². The first kappa shape index (κ1) is 20.1. The minimum absolute atomic E-state index is 0.0674. The van der Waals surface area contributed by atoms with E-state index in [0.29, 0.717) is 30.7 Å². The number of hydrogen-bond donors (Lipinski definition) is 2. The van der Waals surface area contributed by atoms with E-state index in [2.05, 4.69) is 25.0 Å². The van der Waals surface area contributed by atoms with Crippen molar-refractivity contribution < 1.29 is 9.59 Å². The van der Waals surface area contributed by atoms with Crippen molar-refractivity contribution in [2.45, 2.75) is 24.5 Å². The number of rotatable bonds is 4. The molecule has 0 aliphatic carbocycles. The number of aromatic nitrogens is 6. The minimum atomic E-state index is -0.379. The number of likely N-dealkylation sites (tertiary alicyclic amines) is 1. The van der Waals surface area contributed by atoms with Gasteiger partial charge in [-0.05, 0) is 24.3 Å². The van der Waals surface area contributed by atoms with Crippen molar-refractivity contribution in [3.05, 3.63) is 77.1 Å². The third-order valence-corrected chi connectivity index (χ3v) is 6.60. The highest BCUT2D eigenvalue weighted by Crippen LogP contribution is 2.44. The second-order valence-electron chi connectivity index (χ2n) is 8.73. The molecule has 12 nitrogen and oxygen atoms in total. The van der Waals surface area contributed by atoms with E-state index < -0.39 is 0 Å². The SMILES string of the molecule is Nc1cccn(CC(=O)N2CC3(CC(NC(=O)c4ccn5ncnc5c4)c4nccn43)C2)c1=O. The zero-order valence-corrected chi connectivity index (χ0v) is 18.0. The van der Waals surface area contributed by atoms with Gasteiger partial charge in [-0.2, -0.15) is 5.10 Å². The topological polar surface area (TPSA) is 145 Å². The number of fused-ring (bicyclic) bond motifs is 3. The molecule has 0 aromatic carbocycles. The van der Waals surface area contributed by atoms with E-state index in [1.165, 1.54) is 17.0 Å². The van der Waals surface area contributed by atoms with Crippen LogP contribution < -0.4 is 16.6 Å². The number of nitrogen functional groups attached to an aromatic ring is 1. The summed E-state index contributed by atoms with van der Waals surface area (Å²) >= 11 is 0. The van der Waals surface area contributed by atoms with Crippen LogP contribution in [0.5, 0.6) is 0 Å². The molecule has 6 rings (SSSR count). The maximum atomic E-state index is 12.9. The van der Waals surface area contributed by atoms with Crippen LogP contribution in [0.25, 0.3) is 5.65 Å². The summed E-state index contributed by atoms with van der Waals surface area (Å²) in [6, 6.07) is 6.24. The maximum Gasteiger partial charge on any atom is 0.274 e. The van der Waals surface area contributed by atoms with Crippen molar-refractivity contribution in [2.24, 2.45) is 0 Å². The minimum Gasteiger partial charge on any atom is -0.394 e. The predicted molar refractivity (Wildman–Crippen MR) is 120 cm³/mol. The molecule has 3 N–H and O–H groups in total. The molecule has 2 amide bonds. The molecule has 1 unspecified atom stereocenters. The van der Waals surface area contributed by atoms with Gasteiger partial charge in [-0.15, -0.1) is 0 Å². The number of hydrogen-bond acceptors (Lipinski definition) is 7. The summed E-state index contributed by atoms with van der Waals surface area (Å²) in [5.41, 5.74) is 6.13. The number of nitrogens with one attached hydrogen (secondary N) is 1. The van der Waals surface area contributed by atoms with Crippen LogP contribution in [0.15, 0.2) is 60.2 Å². The molecule has 12 heteroatoms. The van der Waals surface area contributed by atoms with E-state index in [1.807, 2.05) is 6.20 Å². The van der Waals surface area contributed by atoms with Crippen molar-refractivity contribution in [3.8, 4) is 0 Å². The van der Waals surface area contributed by atoms with Gasteiger partial charge in [-0.3, -0.25) is 14.4 Å². The van der Waals surface area contributed by atoms with Crippen molar-refractivity contribution in [3.63, 3.8) is 0 Å². The van der Waals surface area contributed by atoms with E-state index in [-0.39, 0.29) is 41.2 Å². The van der Waals surface area contributed by atoms with Gasteiger partial charge in [0, 0.05) is 49.9 Å². The Morgan fingerprint density at radius 2 is 2.03 bits per heavy atom. The number of nitrogens with zero attached hydrogens (tertiary/aromatic N) is 7. The number of carbonyl (C=O) groups excluding carboxylic acids is 2. The Balaban J connectivity index is 1.16. The molecule has 0 radical (unpaired) electrons. The number of carbonyl (C=O) groups is 2. The monoisotopic (exact) mass is 459 g/mol. The lowest BCUT2D eigenvalue weighted by molar-refractivity contribution is -0.142. The Labute approximate surface area is 192 Å².